The number of nitrogen functional groups attached to an aromatic ring is 1. The van der Waals surface area contributed by atoms with Crippen molar-refractivity contribution in [1.29, 1.82) is 0 Å². The van der Waals surface area contributed by atoms with Gasteiger partial charge in [-0.2, -0.15) is 5.11 Å². The van der Waals surface area contributed by atoms with Crippen LogP contribution < -0.4 is 5.84 Å². The molecule has 1 aromatic rings. The Balaban J connectivity index is 2.45. The maximum absolute atomic E-state index is 5.67. The molecule has 13 heavy (non-hydrogen) atoms. The summed E-state index contributed by atoms with van der Waals surface area (Å²) in [7, 11) is 0. The van der Waals surface area contributed by atoms with E-state index in [1.807, 2.05) is 6.92 Å². The Morgan fingerprint density at radius 3 is 2.85 bits per heavy atom. The Bertz CT molecular complexity index is 360. The minimum atomic E-state index is -0.465. The van der Waals surface area contributed by atoms with Crippen molar-refractivity contribution in [3.63, 3.8) is 0 Å². The Labute approximate surface area is 84.5 Å². The third kappa shape index (κ3) is 1.29. The first-order chi connectivity index (χ1) is 6.13. The summed E-state index contributed by atoms with van der Waals surface area (Å²) in [6.45, 7) is 1.91. The van der Waals surface area contributed by atoms with Crippen molar-refractivity contribution in [3.8, 4) is 0 Å². The summed E-state index contributed by atoms with van der Waals surface area (Å²) in [4.78, 5) is 0. The lowest BCUT2D eigenvalue weighted by Gasteiger charge is -2.15. The normalized spacial score (nSPS) is 26.9. The molecule has 0 radical (unpaired) electrons. The van der Waals surface area contributed by atoms with Gasteiger partial charge in [-0.1, -0.05) is 0 Å². The van der Waals surface area contributed by atoms with Gasteiger partial charge in [0.15, 0.2) is 11.4 Å². The molecule has 2 rings (SSSR count). The molecule has 0 aromatic carbocycles. The smallest absolute Gasteiger partial charge is 0.206 e. The molecule has 0 saturated carbocycles. The van der Waals surface area contributed by atoms with E-state index in [1.165, 1.54) is 16.6 Å². The summed E-state index contributed by atoms with van der Waals surface area (Å²) in [6.07, 6.45) is 0. The van der Waals surface area contributed by atoms with Crippen LogP contribution in [0.15, 0.2) is 14.8 Å². The first kappa shape index (κ1) is 8.82. The Morgan fingerprint density at radius 2 is 2.38 bits per heavy atom. The molecule has 1 atom stereocenters. The molecular weight excluding hydrogens is 208 g/mol. The molecule has 1 unspecified atom stereocenters. The fraction of sp³-hybridized carbons (Fsp3) is 0.600. The number of hydrogen-bond donors (Lipinski definition) is 2. The quantitative estimate of drug-likeness (QED) is 0.409. The molecule has 0 bridgehead atoms. The zero-order valence-corrected chi connectivity index (χ0v) is 8.59. The second kappa shape index (κ2) is 2.88. The van der Waals surface area contributed by atoms with Crippen LogP contribution in [0.4, 0.5) is 0 Å². The van der Waals surface area contributed by atoms with E-state index in [0.717, 1.165) is 5.75 Å². The molecule has 0 aliphatic carbocycles. The third-order valence-corrected chi connectivity index (χ3v) is 3.02. The highest BCUT2D eigenvalue weighted by atomic mass is 32.2. The van der Waals surface area contributed by atoms with Gasteiger partial charge in [0.1, 0.15) is 0 Å². The van der Waals surface area contributed by atoms with E-state index in [1.54, 1.807) is 0 Å². The lowest BCUT2D eigenvalue weighted by Crippen LogP contribution is -2.28. The fourth-order valence-electron chi connectivity index (χ4n) is 1.06. The van der Waals surface area contributed by atoms with Gasteiger partial charge in [-0.25, -0.2) is 4.68 Å². The maximum atomic E-state index is 5.67. The Hall–Kier alpha value is -0.760. The van der Waals surface area contributed by atoms with Crippen LogP contribution in [0.5, 0.6) is 0 Å². The Kier molecular flexibility index (Phi) is 1.95. The van der Waals surface area contributed by atoms with Gasteiger partial charge in [0, 0.05) is 11.9 Å². The van der Waals surface area contributed by atoms with Crippen molar-refractivity contribution in [2.45, 2.75) is 17.6 Å². The van der Waals surface area contributed by atoms with Crippen LogP contribution in [0.1, 0.15) is 12.7 Å². The average Bonchev–Trinajstić information content (AvgIpc) is 2.63. The van der Waals surface area contributed by atoms with E-state index in [4.69, 9.17) is 5.84 Å². The molecule has 2 heterocycles. The summed E-state index contributed by atoms with van der Waals surface area (Å²) in [6, 6.07) is 0. The number of nitrogens with two attached hydrogens (primary N) is 1. The largest absolute Gasteiger partial charge is 0.335 e. The SMILES string of the molecule is CC1(c2nnc(S)n2N)CSN=N1. The van der Waals surface area contributed by atoms with Crippen LogP contribution in [0, 0.1) is 0 Å². The first-order valence-corrected chi connectivity index (χ1v) is 4.96. The summed E-state index contributed by atoms with van der Waals surface area (Å²) in [5.41, 5.74) is -0.465. The van der Waals surface area contributed by atoms with Gasteiger partial charge < -0.3 is 5.84 Å². The number of thiol groups is 1. The maximum Gasteiger partial charge on any atom is 0.206 e. The van der Waals surface area contributed by atoms with E-state index < -0.39 is 5.54 Å². The molecule has 0 amide bonds. The minimum absolute atomic E-state index is 0.378. The van der Waals surface area contributed by atoms with Gasteiger partial charge in [0.05, 0.1) is 5.75 Å². The molecule has 2 N–H and O–H groups in total. The number of rotatable bonds is 1. The zero-order valence-electron chi connectivity index (χ0n) is 6.88. The van der Waals surface area contributed by atoms with E-state index in [0.29, 0.717) is 11.0 Å². The summed E-state index contributed by atoms with van der Waals surface area (Å²) in [5.74, 6) is 6.99. The topological polar surface area (TPSA) is 81.5 Å². The van der Waals surface area contributed by atoms with E-state index in [9.17, 15) is 0 Å². The summed E-state index contributed by atoms with van der Waals surface area (Å²) < 4.78 is 5.17. The van der Waals surface area contributed by atoms with Crippen LogP contribution in [0.3, 0.4) is 0 Å². The van der Waals surface area contributed by atoms with Gasteiger partial charge >= 0.3 is 0 Å². The first-order valence-electron chi connectivity index (χ1n) is 3.57. The van der Waals surface area contributed by atoms with Crippen LogP contribution in [-0.2, 0) is 5.54 Å². The second-order valence-corrected chi connectivity index (χ2v) is 4.03. The van der Waals surface area contributed by atoms with Gasteiger partial charge in [0.25, 0.3) is 0 Å². The standard InChI is InChI=1S/C5H8N6S2/c1-5(2-13-10-9-5)3-7-8-4(12)11(3)6/h2,6H2,1H3,(H,8,12). The van der Waals surface area contributed by atoms with Crippen LogP contribution in [0.2, 0.25) is 0 Å². The highest BCUT2D eigenvalue weighted by Crippen LogP contribution is 2.35. The molecule has 0 fully saturated rings. The molecule has 6 nitrogen and oxygen atoms in total. The lowest BCUT2D eigenvalue weighted by atomic mass is 10.1. The molecule has 1 aromatic heterocycles. The van der Waals surface area contributed by atoms with Crippen molar-refractivity contribution in [3.05, 3.63) is 5.82 Å². The molecule has 0 saturated heterocycles. The van der Waals surface area contributed by atoms with Gasteiger partial charge in [-0.15, -0.1) is 27.3 Å². The monoisotopic (exact) mass is 216 g/mol. The van der Waals surface area contributed by atoms with Crippen molar-refractivity contribution >= 4 is 24.6 Å². The van der Waals surface area contributed by atoms with Crippen molar-refractivity contribution < 1.29 is 0 Å². The van der Waals surface area contributed by atoms with Gasteiger partial charge in [-0.05, 0) is 6.92 Å². The van der Waals surface area contributed by atoms with E-state index >= 15 is 0 Å². The summed E-state index contributed by atoms with van der Waals surface area (Å²) in [5, 5.41) is 12.1. The van der Waals surface area contributed by atoms with Crippen molar-refractivity contribution in [1.82, 2.24) is 14.9 Å². The average molecular weight is 216 g/mol. The van der Waals surface area contributed by atoms with Crippen molar-refractivity contribution in [2.75, 3.05) is 11.6 Å². The van der Waals surface area contributed by atoms with Gasteiger partial charge in [-0.3, -0.25) is 0 Å². The summed E-state index contributed by atoms with van der Waals surface area (Å²) >= 11 is 5.42. The molecule has 1 aliphatic heterocycles. The van der Waals surface area contributed by atoms with E-state index in [2.05, 4.69) is 32.5 Å². The molecule has 0 spiro atoms. The van der Waals surface area contributed by atoms with Crippen LogP contribution in [0.25, 0.3) is 0 Å². The molecular formula is C5H8N6S2. The number of nitrogens with zero attached hydrogens (tertiary/aromatic N) is 5. The second-order valence-electron chi connectivity index (χ2n) is 2.92. The highest BCUT2D eigenvalue weighted by Gasteiger charge is 2.36. The number of hydrogen-bond acceptors (Lipinski definition) is 7. The minimum Gasteiger partial charge on any atom is -0.335 e. The predicted octanol–water partition coefficient (Wildman–Crippen LogP) is 0.610. The molecule has 1 aliphatic rings. The Morgan fingerprint density at radius 1 is 1.62 bits per heavy atom. The number of aromatic nitrogens is 3. The highest BCUT2D eigenvalue weighted by molar-refractivity contribution is 7.98. The van der Waals surface area contributed by atoms with Crippen LogP contribution >= 0.6 is 24.6 Å². The fourth-order valence-corrected chi connectivity index (χ4v) is 1.94. The lowest BCUT2D eigenvalue weighted by molar-refractivity contribution is 0.501. The molecule has 8 heteroatoms. The zero-order chi connectivity index (χ0) is 9.47. The van der Waals surface area contributed by atoms with Gasteiger partial charge in [0.2, 0.25) is 5.16 Å². The van der Waals surface area contributed by atoms with E-state index in [-0.39, 0.29) is 0 Å². The van der Waals surface area contributed by atoms with Crippen LogP contribution in [-0.4, -0.2) is 20.6 Å². The predicted molar refractivity (Wildman–Crippen MR) is 52.1 cm³/mol. The van der Waals surface area contributed by atoms with Crippen molar-refractivity contribution in [2.24, 2.45) is 9.63 Å². The molecule has 70 valence electrons. The third-order valence-electron chi connectivity index (χ3n) is 1.82.